The first-order chi connectivity index (χ1) is 11.6. The molecule has 25 heavy (non-hydrogen) atoms. The molecule has 0 aliphatic rings. The Labute approximate surface area is 149 Å². The van der Waals surface area contributed by atoms with E-state index >= 15 is 0 Å². The first-order valence-corrected chi connectivity index (χ1v) is 7.84. The maximum absolute atomic E-state index is 13.7. The van der Waals surface area contributed by atoms with Crippen LogP contribution in [0.5, 0.6) is 0 Å². The summed E-state index contributed by atoms with van der Waals surface area (Å²) in [6, 6.07) is 8.16. The van der Waals surface area contributed by atoms with Crippen molar-refractivity contribution in [2.75, 3.05) is 10.6 Å². The maximum atomic E-state index is 13.7. The quantitative estimate of drug-likeness (QED) is 0.781. The third-order valence-electron chi connectivity index (χ3n) is 3.78. The SMILES string of the molecule is Cc1ccc(Cl)cc1NC(=O)C(C)(C)C(=O)Nc1c(F)cccc1F. The molecule has 132 valence electrons. The molecule has 0 aromatic heterocycles. The van der Waals surface area contributed by atoms with Crippen molar-refractivity contribution in [2.24, 2.45) is 5.41 Å². The Bertz CT molecular complexity index is 818. The largest absolute Gasteiger partial charge is 0.325 e. The van der Waals surface area contributed by atoms with Crippen molar-refractivity contribution in [3.05, 3.63) is 58.6 Å². The summed E-state index contributed by atoms with van der Waals surface area (Å²) >= 11 is 5.91. The molecule has 0 heterocycles. The van der Waals surface area contributed by atoms with Gasteiger partial charge in [-0.15, -0.1) is 0 Å². The highest BCUT2D eigenvalue weighted by atomic mass is 35.5. The number of carbonyl (C=O) groups excluding carboxylic acids is 2. The van der Waals surface area contributed by atoms with Crippen LogP contribution in [0, 0.1) is 24.0 Å². The minimum absolute atomic E-state index is 0.427. The molecule has 0 unspecified atom stereocenters. The average Bonchev–Trinajstić information content (AvgIpc) is 2.54. The molecule has 0 fully saturated rings. The second-order valence-electron chi connectivity index (χ2n) is 6.09. The molecule has 2 aromatic carbocycles. The number of amides is 2. The Morgan fingerprint density at radius 1 is 1.00 bits per heavy atom. The number of hydrogen-bond donors (Lipinski definition) is 2. The van der Waals surface area contributed by atoms with Gasteiger partial charge in [-0.2, -0.15) is 0 Å². The summed E-state index contributed by atoms with van der Waals surface area (Å²) in [6.45, 7) is 4.49. The van der Waals surface area contributed by atoms with Gasteiger partial charge < -0.3 is 10.6 Å². The van der Waals surface area contributed by atoms with Crippen molar-refractivity contribution in [1.82, 2.24) is 0 Å². The summed E-state index contributed by atoms with van der Waals surface area (Å²) in [5.74, 6) is -3.31. The highest BCUT2D eigenvalue weighted by molar-refractivity contribution is 6.31. The Kier molecular flexibility index (Phi) is 5.42. The summed E-state index contributed by atoms with van der Waals surface area (Å²) in [5, 5.41) is 5.18. The number of para-hydroxylation sites is 1. The first-order valence-electron chi connectivity index (χ1n) is 7.46. The fourth-order valence-corrected chi connectivity index (χ4v) is 2.17. The third kappa shape index (κ3) is 4.14. The van der Waals surface area contributed by atoms with Crippen molar-refractivity contribution >= 4 is 34.8 Å². The van der Waals surface area contributed by atoms with E-state index in [0.717, 1.165) is 17.7 Å². The zero-order valence-corrected chi connectivity index (χ0v) is 14.7. The lowest BCUT2D eigenvalue weighted by molar-refractivity contribution is -0.135. The number of hydrogen-bond acceptors (Lipinski definition) is 2. The maximum Gasteiger partial charge on any atom is 0.239 e. The van der Waals surface area contributed by atoms with Gasteiger partial charge in [0, 0.05) is 10.7 Å². The van der Waals surface area contributed by atoms with Crippen LogP contribution >= 0.6 is 11.6 Å². The van der Waals surface area contributed by atoms with E-state index in [1.165, 1.54) is 19.9 Å². The molecule has 0 spiro atoms. The van der Waals surface area contributed by atoms with E-state index in [9.17, 15) is 18.4 Å². The van der Waals surface area contributed by atoms with Crippen LogP contribution in [0.4, 0.5) is 20.2 Å². The van der Waals surface area contributed by atoms with Crippen LogP contribution in [0.3, 0.4) is 0 Å². The van der Waals surface area contributed by atoms with Gasteiger partial charge in [0.15, 0.2) is 0 Å². The van der Waals surface area contributed by atoms with Crippen molar-refractivity contribution in [2.45, 2.75) is 20.8 Å². The zero-order chi connectivity index (χ0) is 18.8. The highest BCUT2D eigenvalue weighted by Gasteiger charge is 2.37. The number of nitrogens with one attached hydrogen (secondary N) is 2. The Morgan fingerprint density at radius 2 is 1.56 bits per heavy atom. The minimum atomic E-state index is -1.58. The molecule has 2 aromatic rings. The predicted octanol–water partition coefficient (Wildman–Crippen LogP) is 4.53. The molecule has 4 nitrogen and oxygen atoms in total. The predicted molar refractivity (Wildman–Crippen MR) is 93.6 cm³/mol. The Morgan fingerprint density at radius 3 is 2.16 bits per heavy atom. The van der Waals surface area contributed by atoms with E-state index in [-0.39, 0.29) is 0 Å². The second-order valence-corrected chi connectivity index (χ2v) is 6.53. The smallest absolute Gasteiger partial charge is 0.239 e. The third-order valence-corrected chi connectivity index (χ3v) is 4.02. The number of rotatable bonds is 4. The lowest BCUT2D eigenvalue weighted by atomic mass is 9.90. The van der Waals surface area contributed by atoms with E-state index < -0.39 is 34.6 Å². The number of aryl methyl sites for hydroxylation is 1. The van der Waals surface area contributed by atoms with Gasteiger partial charge in [0.05, 0.1) is 0 Å². The van der Waals surface area contributed by atoms with Crippen molar-refractivity contribution in [3.8, 4) is 0 Å². The summed E-state index contributed by atoms with van der Waals surface area (Å²) in [6.07, 6.45) is 0. The van der Waals surface area contributed by atoms with Gasteiger partial charge in [0.1, 0.15) is 22.7 Å². The van der Waals surface area contributed by atoms with Gasteiger partial charge in [0.2, 0.25) is 11.8 Å². The molecule has 7 heteroatoms. The van der Waals surface area contributed by atoms with E-state index in [2.05, 4.69) is 10.6 Å². The van der Waals surface area contributed by atoms with Crippen LogP contribution in [-0.2, 0) is 9.59 Å². The zero-order valence-electron chi connectivity index (χ0n) is 13.9. The topological polar surface area (TPSA) is 58.2 Å². The molecule has 0 atom stereocenters. The van der Waals surface area contributed by atoms with Crippen LogP contribution < -0.4 is 10.6 Å². The monoisotopic (exact) mass is 366 g/mol. The molecular formula is C18H17ClF2N2O2. The van der Waals surface area contributed by atoms with Crippen LogP contribution in [-0.4, -0.2) is 11.8 Å². The van der Waals surface area contributed by atoms with Gasteiger partial charge in [-0.1, -0.05) is 23.7 Å². The molecule has 0 saturated carbocycles. The van der Waals surface area contributed by atoms with Crippen molar-refractivity contribution < 1.29 is 18.4 Å². The highest BCUT2D eigenvalue weighted by Crippen LogP contribution is 2.26. The van der Waals surface area contributed by atoms with E-state index in [1.807, 2.05) is 0 Å². The van der Waals surface area contributed by atoms with Crippen LogP contribution in [0.25, 0.3) is 0 Å². The number of benzene rings is 2. The van der Waals surface area contributed by atoms with Crippen LogP contribution in [0.2, 0.25) is 5.02 Å². The lowest BCUT2D eigenvalue weighted by Crippen LogP contribution is -2.42. The standard InChI is InChI=1S/C18H17ClF2N2O2/c1-10-7-8-11(19)9-14(10)22-16(24)18(2,3)17(25)23-15-12(20)5-4-6-13(15)21/h4-9H,1-3H3,(H,22,24)(H,23,25). The summed E-state index contributed by atoms with van der Waals surface area (Å²) in [7, 11) is 0. The molecule has 0 aliphatic heterocycles. The van der Waals surface area contributed by atoms with Crippen molar-refractivity contribution in [1.29, 1.82) is 0 Å². The second kappa shape index (κ2) is 7.19. The lowest BCUT2D eigenvalue weighted by Gasteiger charge is -2.23. The van der Waals surface area contributed by atoms with Gasteiger partial charge in [-0.25, -0.2) is 8.78 Å². The van der Waals surface area contributed by atoms with E-state index in [0.29, 0.717) is 10.7 Å². The summed E-state index contributed by atoms with van der Waals surface area (Å²) in [4.78, 5) is 24.9. The van der Waals surface area contributed by atoms with Gasteiger partial charge in [-0.3, -0.25) is 9.59 Å². The van der Waals surface area contributed by atoms with Crippen LogP contribution in [0.15, 0.2) is 36.4 Å². The van der Waals surface area contributed by atoms with E-state index in [4.69, 9.17) is 11.6 Å². The summed E-state index contributed by atoms with van der Waals surface area (Å²) < 4.78 is 27.3. The Hall–Kier alpha value is -2.47. The first kappa shape index (κ1) is 18.9. The molecule has 2 rings (SSSR count). The van der Waals surface area contributed by atoms with Crippen LogP contribution in [0.1, 0.15) is 19.4 Å². The molecule has 2 amide bonds. The fraction of sp³-hybridized carbons (Fsp3) is 0.222. The fourth-order valence-electron chi connectivity index (χ4n) is 2.00. The number of halogens is 3. The van der Waals surface area contributed by atoms with E-state index in [1.54, 1.807) is 25.1 Å². The van der Waals surface area contributed by atoms with Gasteiger partial charge in [0.25, 0.3) is 0 Å². The van der Waals surface area contributed by atoms with Crippen molar-refractivity contribution in [3.63, 3.8) is 0 Å². The average molecular weight is 367 g/mol. The van der Waals surface area contributed by atoms with Gasteiger partial charge >= 0.3 is 0 Å². The Balaban J connectivity index is 2.20. The molecule has 0 bridgehead atoms. The van der Waals surface area contributed by atoms with Gasteiger partial charge in [-0.05, 0) is 50.6 Å². The molecule has 2 N–H and O–H groups in total. The minimum Gasteiger partial charge on any atom is -0.325 e. The molecule has 0 aliphatic carbocycles. The number of anilines is 2. The molecule has 0 radical (unpaired) electrons. The molecular weight excluding hydrogens is 350 g/mol. The number of carbonyl (C=O) groups is 2. The summed E-state index contributed by atoms with van der Waals surface area (Å²) in [5.41, 5.74) is -0.958. The normalized spacial score (nSPS) is 11.1. The molecule has 0 saturated heterocycles.